The third-order valence-electron chi connectivity index (χ3n) is 3.58. The van der Waals surface area contributed by atoms with Gasteiger partial charge in [0.05, 0.1) is 23.1 Å². The van der Waals surface area contributed by atoms with E-state index in [1.807, 2.05) is 0 Å². The van der Waals surface area contributed by atoms with Crippen LogP contribution in [0.5, 0.6) is 11.5 Å². The number of rotatable bonds is 4. The number of fused-ring (bicyclic) bond motifs is 1. The fraction of sp³-hybridized carbons (Fsp3) is 0.286. The number of aromatic nitrogens is 1. The van der Waals surface area contributed by atoms with Crippen LogP contribution < -0.4 is 14.9 Å². The van der Waals surface area contributed by atoms with Crippen LogP contribution in [-0.2, 0) is 0 Å². The fourth-order valence-corrected chi connectivity index (χ4v) is 2.47. The molecule has 134 valence electrons. The average molecular weight is 365 g/mol. The zero-order valence-corrected chi connectivity index (χ0v) is 12.0. The van der Waals surface area contributed by atoms with Gasteiger partial charge >= 0.3 is 12.8 Å². The summed E-state index contributed by atoms with van der Waals surface area (Å²) >= 11 is 0. The minimum atomic E-state index is -3.54. The molecule has 0 amide bonds. The van der Waals surface area contributed by atoms with Gasteiger partial charge in [-0.05, 0) is 6.07 Å². The second-order valence-corrected chi connectivity index (χ2v) is 5.19. The molecule has 0 aliphatic heterocycles. The summed E-state index contributed by atoms with van der Waals surface area (Å²) in [7, 11) is 0. The van der Waals surface area contributed by atoms with E-state index in [0.717, 1.165) is 10.8 Å². The SMILES string of the molecule is O=C(O)Oc1cn([C@@H]2C[C@@H]2F)c2c(OC(F)F)c(F)c(F)cc2c1=O. The van der Waals surface area contributed by atoms with E-state index in [0.29, 0.717) is 6.07 Å². The van der Waals surface area contributed by atoms with Crippen LogP contribution in [0.3, 0.4) is 0 Å². The van der Waals surface area contributed by atoms with Gasteiger partial charge in [-0.2, -0.15) is 13.2 Å². The Hall–Kier alpha value is -2.85. The van der Waals surface area contributed by atoms with Crippen LogP contribution in [0.15, 0.2) is 17.1 Å². The largest absolute Gasteiger partial charge is 0.511 e. The van der Waals surface area contributed by atoms with Crippen molar-refractivity contribution in [1.82, 2.24) is 4.57 Å². The molecule has 25 heavy (non-hydrogen) atoms. The molecule has 1 fully saturated rings. The molecule has 0 radical (unpaired) electrons. The van der Waals surface area contributed by atoms with Crippen molar-refractivity contribution in [3.05, 3.63) is 34.1 Å². The van der Waals surface area contributed by atoms with Crippen molar-refractivity contribution in [2.24, 2.45) is 0 Å². The fourth-order valence-electron chi connectivity index (χ4n) is 2.47. The molecule has 3 rings (SSSR count). The molecule has 0 bridgehead atoms. The van der Waals surface area contributed by atoms with Crippen molar-refractivity contribution >= 4 is 17.1 Å². The molecule has 1 heterocycles. The van der Waals surface area contributed by atoms with Gasteiger partial charge < -0.3 is 19.1 Å². The van der Waals surface area contributed by atoms with E-state index >= 15 is 0 Å². The Morgan fingerprint density at radius 3 is 2.52 bits per heavy atom. The Morgan fingerprint density at radius 1 is 1.36 bits per heavy atom. The number of halogens is 5. The number of hydrogen-bond donors (Lipinski definition) is 1. The maximum absolute atomic E-state index is 13.9. The number of benzene rings is 1. The Kier molecular flexibility index (Phi) is 4.01. The first kappa shape index (κ1) is 17.0. The number of alkyl halides is 3. The third-order valence-corrected chi connectivity index (χ3v) is 3.58. The molecule has 0 spiro atoms. The topological polar surface area (TPSA) is 77.8 Å². The molecule has 1 N–H and O–H groups in total. The van der Waals surface area contributed by atoms with Gasteiger partial charge in [0.15, 0.2) is 17.3 Å². The molecule has 2 atom stereocenters. The van der Waals surface area contributed by atoms with Crippen molar-refractivity contribution in [1.29, 1.82) is 0 Å². The highest BCUT2D eigenvalue weighted by Crippen LogP contribution is 2.43. The van der Waals surface area contributed by atoms with Crippen molar-refractivity contribution in [2.45, 2.75) is 25.2 Å². The average Bonchev–Trinajstić information content (AvgIpc) is 3.23. The summed E-state index contributed by atoms with van der Waals surface area (Å²) in [5.41, 5.74) is -1.82. The monoisotopic (exact) mass is 365 g/mol. The van der Waals surface area contributed by atoms with E-state index in [4.69, 9.17) is 5.11 Å². The molecule has 1 saturated carbocycles. The first-order chi connectivity index (χ1) is 11.7. The van der Waals surface area contributed by atoms with Gasteiger partial charge in [-0.1, -0.05) is 0 Å². The zero-order chi connectivity index (χ0) is 18.5. The van der Waals surface area contributed by atoms with E-state index < -0.39 is 64.4 Å². The molecular weight excluding hydrogens is 357 g/mol. The van der Waals surface area contributed by atoms with Crippen LogP contribution in [-0.4, -0.2) is 28.6 Å². The van der Waals surface area contributed by atoms with Gasteiger partial charge in [0.2, 0.25) is 11.2 Å². The molecule has 1 aromatic carbocycles. The summed E-state index contributed by atoms with van der Waals surface area (Å²) in [6.07, 6.45) is -2.69. The van der Waals surface area contributed by atoms with Crippen LogP contribution >= 0.6 is 0 Å². The predicted octanol–water partition coefficient (Wildman–Crippen LogP) is 3.22. The quantitative estimate of drug-likeness (QED) is 0.665. The summed E-state index contributed by atoms with van der Waals surface area (Å²) < 4.78 is 75.2. The van der Waals surface area contributed by atoms with E-state index in [1.165, 1.54) is 0 Å². The number of pyridine rings is 1. The van der Waals surface area contributed by atoms with Crippen LogP contribution in [0.25, 0.3) is 10.9 Å². The second-order valence-electron chi connectivity index (χ2n) is 5.19. The zero-order valence-electron chi connectivity index (χ0n) is 12.0. The summed E-state index contributed by atoms with van der Waals surface area (Å²) in [5.74, 6) is -5.55. The number of carbonyl (C=O) groups is 1. The maximum atomic E-state index is 13.9. The van der Waals surface area contributed by atoms with Gasteiger partial charge in [-0.25, -0.2) is 13.6 Å². The normalized spacial score (nSPS) is 19.3. The summed E-state index contributed by atoms with van der Waals surface area (Å²) in [4.78, 5) is 22.9. The minimum absolute atomic E-state index is 0.0996. The Labute approximate surface area is 135 Å². The van der Waals surface area contributed by atoms with Crippen molar-refractivity contribution in [3.63, 3.8) is 0 Å². The highest BCUT2D eigenvalue weighted by molar-refractivity contribution is 5.87. The summed E-state index contributed by atoms with van der Waals surface area (Å²) in [5, 5.41) is 7.94. The van der Waals surface area contributed by atoms with Crippen LogP contribution in [0, 0.1) is 11.6 Å². The molecule has 0 unspecified atom stereocenters. The summed E-state index contributed by atoms with van der Waals surface area (Å²) in [6, 6.07) is -0.615. The molecule has 1 aliphatic rings. The number of carboxylic acid groups (broad SMARTS) is 1. The molecule has 2 aromatic rings. The van der Waals surface area contributed by atoms with E-state index in [1.54, 1.807) is 0 Å². The molecule has 6 nitrogen and oxygen atoms in total. The van der Waals surface area contributed by atoms with Crippen molar-refractivity contribution in [2.75, 3.05) is 0 Å². The Bertz CT molecular complexity index is 928. The lowest BCUT2D eigenvalue weighted by molar-refractivity contribution is -0.0516. The van der Waals surface area contributed by atoms with Gasteiger partial charge in [0.25, 0.3) is 0 Å². The maximum Gasteiger partial charge on any atom is 0.511 e. The molecule has 1 aromatic heterocycles. The molecule has 1 aliphatic carbocycles. The van der Waals surface area contributed by atoms with Gasteiger partial charge in [0.1, 0.15) is 6.17 Å². The minimum Gasteiger partial charge on any atom is -0.449 e. The van der Waals surface area contributed by atoms with Crippen LogP contribution in [0.4, 0.5) is 26.7 Å². The highest BCUT2D eigenvalue weighted by Gasteiger charge is 2.41. The van der Waals surface area contributed by atoms with E-state index in [-0.39, 0.29) is 6.42 Å². The first-order valence-corrected chi connectivity index (χ1v) is 6.77. The Morgan fingerprint density at radius 2 is 2.00 bits per heavy atom. The van der Waals surface area contributed by atoms with Gasteiger partial charge in [-0.3, -0.25) is 4.79 Å². The standard InChI is InChI=1S/C14H8F5NO5/c15-5-2-7(5)20-3-8(24-14(22)23)11(21)4-1-6(16)9(17)12(10(4)20)25-13(18)19/h1,3,5,7,13H,2H2,(H,22,23)/t5-,7+/m0/s1. The predicted molar refractivity (Wildman–Crippen MR) is 72.0 cm³/mol. The lowest BCUT2D eigenvalue weighted by Crippen LogP contribution is -2.18. The molecule has 11 heteroatoms. The van der Waals surface area contributed by atoms with E-state index in [9.17, 15) is 31.5 Å². The van der Waals surface area contributed by atoms with E-state index in [2.05, 4.69) is 9.47 Å². The smallest absolute Gasteiger partial charge is 0.449 e. The molecule has 0 saturated heterocycles. The highest BCUT2D eigenvalue weighted by atomic mass is 19.3. The lowest BCUT2D eigenvalue weighted by atomic mass is 10.1. The lowest BCUT2D eigenvalue weighted by Gasteiger charge is -2.16. The second kappa shape index (κ2) is 5.90. The third kappa shape index (κ3) is 2.96. The number of hydrogen-bond acceptors (Lipinski definition) is 4. The van der Waals surface area contributed by atoms with Crippen LogP contribution in [0.1, 0.15) is 12.5 Å². The first-order valence-electron chi connectivity index (χ1n) is 6.77. The number of ether oxygens (including phenoxy) is 2. The van der Waals surface area contributed by atoms with Crippen LogP contribution in [0.2, 0.25) is 0 Å². The number of nitrogens with zero attached hydrogens (tertiary/aromatic N) is 1. The molecular formula is C14H8F5NO5. The van der Waals surface area contributed by atoms with Crippen molar-refractivity contribution < 1.29 is 41.3 Å². The van der Waals surface area contributed by atoms with Crippen molar-refractivity contribution in [3.8, 4) is 11.5 Å². The van der Waals surface area contributed by atoms with Gasteiger partial charge in [-0.15, -0.1) is 0 Å². The van der Waals surface area contributed by atoms with Gasteiger partial charge in [0, 0.05) is 6.42 Å². The Balaban J connectivity index is 2.38. The summed E-state index contributed by atoms with van der Waals surface area (Å²) in [6.45, 7) is -3.54.